The van der Waals surface area contributed by atoms with Crippen LogP contribution < -0.4 is 10.3 Å². The molecule has 0 atom stereocenters. The largest absolute Gasteiger partial charge is 0.497 e. The molecule has 1 aromatic carbocycles. The predicted molar refractivity (Wildman–Crippen MR) is 121 cm³/mol. The van der Waals surface area contributed by atoms with Crippen molar-refractivity contribution in [3.05, 3.63) is 75.3 Å². The smallest absolute Gasteiger partial charge is 0.261 e. The van der Waals surface area contributed by atoms with Gasteiger partial charge in [0.1, 0.15) is 11.4 Å². The number of carbonyl (C=O) groups is 1. The van der Waals surface area contributed by atoms with Crippen LogP contribution in [0.2, 0.25) is 0 Å². The monoisotopic (exact) mass is 419 g/mol. The Morgan fingerprint density at radius 2 is 1.81 bits per heavy atom. The van der Waals surface area contributed by atoms with Gasteiger partial charge in [-0.3, -0.25) is 14.0 Å². The van der Waals surface area contributed by atoms with E-state index in [0.717, 1.165) is 60.6 Å². The van der Waals surface area contributed by atoms with Crippen LogP contribution in [0.1, 0.15) is 40.0 Å². The predicted octanol–water partition coefficient (Wildman–Crippen LogP) is 3.46. The lowest BCUT2D eigenvalue weighted by Crippen LogP contribution is -2.38. The fraction of sp³-hybridized carbons (Fsp3) is 0.400. The fourth-order valence-corrected chi connectivity index (χ4v) is 4.36. The number of Topliss-reactive ketones (excluding diaryl/α,β-unsaturated/α-hetero) is 1. The van der Waals surface area contributed by atoms with E-state index < -0.39 is 0 Å². The van der Waals surface area contributed by atoms with Crippen molar-refractivity contribution >= 4 is 11.4 Å². The molecule has 0 aliphatic carbocycles. The maximum atomic E-state index is 13.0. The molecular weight excluding hydrogens is 390 g/mol. The zero-order valence-electron chi connectivity index (χ0n) is 18.4. The zero-order valence-corrected chi connectivity index (χ0v) is 18.4. The van der Waals surface area contributed by atoms with Gasteiger partial charge in [-0.1, -0.05) is 6.07 Å². The molecule has 0 spiro atoms. The Hall–Kier alpha value is -2.99. The Bertz CT molecular complexity index is 1140. The standard InChI is InChI=1S/C25H29N3O3/c1-17-4-9-23-26-18(2)22(25(30)28(23)16-17)12-15-27-13-10-20(11-14-27)24(29)19-5-7-21(31-3)8-6-19/h4-9,16,20H,10-15H2,1-3H3. The van der Waals surface area contributed by atoms with Gasteiger partial charge in [-0.15, -0.1) is 0 Å². The van der Waals surface area contributed by atoms with Crippen LogP contribution in [0.3, 0.4) is 0 Å². The quantitative estimate of drug-likeness (QED) is 0.573. The van der Waals surface area contributed by atoms with Crippen molar-refractivity contribution in [1.29, 1.82) is 0 Å². The van der Waals surface area contributed by atoms with Crippen LogP contribution >= 0.6 is 0 Å². The number of methoxy groups -OCH3 is 1. The van der Waals surface area contributed by atoms with E-state index in [4.69, 9.17) is 4.74 Å². The van der Waals surface area contributed by atoms with Gasteiger partial charge < -0.3 is 9.64 Å². The molecule has 0 radical (unpaired) electrons. The number of rotatable bonds is 6. The Kier molecular flexibility index (Phi) is 6.18. The Labute approximate surface area is 182 Å². The third kappa shape index (κ3) is 4.54. The van der Waals surface area contributed by atoms with Crippen molar-refractivity contribution in [1.82, 2.24) is 14.3 Å². The van der Waals surface area contributed by atoms with E-state index in [2.05, 4.69) is 9.88 Å². The molecule has 2 aromatic heterocycles. The second kappa shape index (κ2) is 9.02. The minimum Gasteiger partial charge on any atom is -0.497 e. The average molecular weight is 420 g/mol. The summed E-state index contributed by atoms with van der Waals surface area (Å²) in [5.74, 6) is 1.03. The molecular formula is C25H29N3O3. The van der Waals surface area contributed by atoms with E-state index in [1.165, 1.54) is 0 Å². The highest BCUT2D eigenvalue weighted by Crippen LogP contribution is 2.23. The second-order valence-electron chi connectivity index (χ2n) is 8.37. The van der Waals surface area contributed by atoms with E-state index in [-0.39, 0.29) is 17.3 Å². The van der Waals surface area contributed by atoms with E-state index in [9.17, 15) is 9.59 Å². The lowest BCUT2D eigenvalue weighted by molar-refractivity contribution is 0.0841. The average Bonchev–Trinajstić information content (AvgIpc) is 2.79. The third-order valence-corrected chi connectivity index (χ3v) is 6.28. The van der Waals surface area contributed by atoms with Crippen LogP contribution in [0.15, 0.2) is 47.4 Å². The molecule has 162 valence electrons. The minimum atomic E-state index is 0.0239. The molecule has 1 fully saturated rings. The Morgan fingerprint density at radius 3 is 2.48 bits per heavy atom. The van der Waals surface area contributed by atoms with E-state index in [1.807, 2.05) is 56.4 Å². The lowest BCUT2D eigenvalue weighted by Gasteiger charge is -2.31. The molecule has 1 saturated heterocycles. The number of hydrogen-bond acceptors (Lipinski definition) is 5. The van der Waals surface area contributed by atoms with Gasteiger partial charge in [0.05, 0.1) is 7.11 Å². The molecule has 6 heteroatoms. The normalized spacial score (nSPS) is 15.3. The van der Waals surface area contributed by atoms with Crippen LogP contribution in [-0.4, -0.2) is 46.8 Å². The molecule has 0 N–H and O–H groups in total. The van der Waals surface area contributed by atoms with Gasteiger partial charge in [0.15, 0.2) is 5.78 Å². The van der Waals surface area contributed by atoms with Gasteiger partial charge in [-0.2, -0.15) is 0 Å². The molecule has 3 heterocycles. The number of ether oxygens (including phenoxy) is 1. The highest BCUT2D eigenvalue weighted by molar-refractivity contribution is 5.98. The van der Waals surface area contributed by atoms with Gasteiger partial charge >= 0.3 is 0 Å². The lowest BCUT2D eigenvalue weighted by atomic mass is 9.88. The summed E-state index contributed by atoms with van der Waals surface area (Å²) in [6.07, 6.45) is 4.21. The Balaban J connectivity index is 1.37. The number of benzene rings is 1. The van der Waals surface area contributed by atoms with E-state index >= 15 is 0 Å². The first kappa shape index (κ1) is 21.2. The highest BCUT2D eigenvalue weighted by atomic mass is 16.5. The van der Waals surface area contributed by atoms with Crippen molar-refractivity contribution in [3.8, 4) is 5.75 Å². The second-order valence-corrected chi connectivity index (χ2v) is 8.37. The number of aromatic nitrogens is 2. The molecule has 0 unspecified atom stereocenters. The highest BCUT2D eigenvalue weighted by Gasteiger charge is 2.26. The molecule has 4 rings (SSSR count). The number of aryl methyl sites for hydroxylation is 2. The number of fused-ring (bicyclic) bond motifs is 1. The number of nitrogens with zero attached hydrogens (tertiary/aromatic N) is 3. The summed E-state index contributed by atoms with van der Waals surface area (Å²) in [4.78, 5) is 32.7. The summed E-state index contributed by atoms with van der Waals surface area (Å²) >= 11 is 0. The van der Waals surface area contributed by atoms with E-state index in [1.54, 1.807) is 11.5 Å². The summed E-state index contributed by atoms with van der Waals surface area (Å²) in [6, 6.07) is 11.2. The molecule has 1 aliphatic rings. The maximum Gasteiger partial charge on any atom is 0.261 e. The summed E-state index contributed by atoms with van der Waals surface area (Å²) in [5, 5.41) is 0. The molecule has 6 nitrogen and oxygen atoms in total. The molecule has 3 aromatic rings. The van der Waals surface area contributed by atoms with Crippen LogP contribution in [0.4, 0.5) is 0 Å². The number of likely N-dealkylation sites (tertiary alicyclic amines) is 1. The van der Waals surface area contributed by atoms with Crippen molar-refractivity contribution in [2.24, 2.45) is 5.92 Å². The Morgan fingerprint density at radius 1 is 1.10 bits per heavy atom. The van der Waals surface area contributed by atoms with Gasteiger partial charge in [0.25, 0.3) is 5.56 Å². The summed E-state index contributed by atoms with van der Waals surface area (Å²) in [5.41, 5.74) is 4.08. The summed E-state index contributed by atoms with van der Waals surface area (Å²) in [6.45, 7) is 6.43. The minimum absolute atomic E-state index is 0.0239. The van der Waals surface area contributed by atoms with E-state index in [0.29, 0.717) is 12.1 Å². The van der Waals surface area contributed by atoms with Gasteiger partial charge in [-0.25, -0.2) is 4.98 Å². The summed E-state index contributed by atoms with van der Waals surface area (Å²) < 4.78 is 6.82. The molecule has 0 saturated carbocycles. The topological polar surface area (TPSA) is 63.9 Å². The zero-order chi connectivity index (χ0) is 22.0. The first-order chi connectivity index (χ1) is 15.0. The first-order valence-electron chi connectivity index (χ1n) is 10.9. The molecule has 0 bridgehead atoms. The van der Waals surface area contributed by atoms with Crippen LogP contribution in [0, 0.1) is 19.8 Å². The SMILES string of the molecule is COc1ccc(C(=O)C2CCN(CCc3c(C)nc4ccc(C)cn4c3=O)CC2)cc1. The van der Waals surface area contributed by atoms with Crippen molar-refractivity contribution in [2.75, 3.05) is 26.7 Å². The molecule has 1 aliphatic heterocycles. The first-order valence-corrected chi connectivity index (χ1v) is 10.9. The molecule has 0 amide bonds. The van der Waals surface area contributed by atoms with Gasteiger partial charge in [0, 0.05) is 35.5 Å². The summed E-state index contributed by atoms with van der Waals surface area (Å²) in [7, 11) is 1.62. The number of ketones is 1. The van der Waals surface area contributed by atoms with Crippen LogP contribution in [0.25, 0.3) is 5.65 Å². The van der Waals surface area contributed by atoms with Crippen LogP contribution in [0.5, 0.6) is 5.75 Å². The number of pyridine rings is 1. The van der Waals surface area contributed by atoms with Crippen molar-refractivity contribution in [3.63, 3.8) is 0 Å². The van der Waals surface area contributed by atoms with Gasteiger partial charge in [-0.05, 0) is 82.1 Å². The van der Waals surface area contributed by atoms with Crippen molar-refractivity contribution < 1.29 is 9.53 Å². The third-order valence-electron chi connectivity index (χ3n) is 6.28. The van der Waals surface area contributed by atoms with Crippen molar-refractivity contribution in [2.45, 2.75) is 33.1 Å². The molecule has 31 heavy (non-hydrogen) atoms. The fourth-order valence-electron chi connectivity index (χ4n) is 4.36. The number of hydrogen-bond donors (Lipinski definition) is 0. The van der Waals surface area contributed by atoms with Gasteiger partial charge in [0.2, 0.25) is 0 Å². The number of piperidine rings is 1. The number of carbonyl (C=O) groups excluding carboxylic acids is 1. The maximum absolute atomic E-state index is 13.0. The van der Waals surface area contributed by atoms with Crippen LogP contribution in [-0.2, 0) is 6.42 Å².